The predicted molar refractivity (Wildman–Crippen MR) is 181 cm³/mol. The zero-order valence-electron chi connectivity index (χ0n) is 26.7. The number of esters is 1. The first-order valence-electron chi connectivity index (χ1n) is 15.7. The number of hydrogen-bond acceptors (Lipinski definition) is 8. The highest BCUT2D eigenvalue weighted by Crippen LogP contribution is 2.30. The van der Waals surface area contributed by atoms with Crippen LogP contribution in [0.25, 0.3) is 11.0 Å². The van der Waals surface area contributed by atoms with Gasteiger partial charge in [-0.2, -0.15) is 0 Å². The highest BCUT2D eigenvalue weighted by Gasteiger charge is 2.31. The van der Waals surface area contributed by atoms with E-state index in [2.05, 4.69) is 10.2 Å². The molecule has 0 spiro atoms. The van der Waals surface area contributed by atoms with Gasteiger partial charge in [-0.3, -0.25) is 19.3 Å². The number of likely N-dealkylation sites (N-methyl/N-ethyl adjacent to an activating group) is 1. The number of nitrogens with two attached hydrogens (primary N) is 1. The van der Waals surface area contributed by atoms with Gasteiger partial charge in [-0.15, -0.1) is 0 Å². The molecule has 1 aromatic heterocycles. The Hall–Kier alpha value is -4.75. The van der Waals surface area contributed by atoms with E-state index in [0.717, 1.165) is 31.4 Å². The summed E-state index contributed by atoms with van der Waals surface area (Å²) < 4.78 is 36.4. The maximum atomic E-state index is 14.1. The Morgan fingerprint density at radius 3 is 2.51 bits per heavy atom. The van der Waals surface area contributed by atoms with Gasteiger partial charge in [-0.25, -0.2) is 13.4 Å². The summed E-state index contributed by atoms with van der Waals surface area (Å²) in [6, 6.07) is 21.0. The number of nitrogen functional groups attached to an aromatic ring is 1. The number of carbonyl (C=O) groups is 2. The van der Waals surface area contributed by atoms with E-state index in [1.807, 2.05) is 19.2 Å². The number of imidazole rings is 1. The Morgan fingerprint density at radius 1 is 1.09 bits per heavy atom. The average Bonchev–Trinajstić information content (AvgIpc) is 3.39. The predicted octanol–water partition coefficient (Wildman–Crippen LogP) is 3.27. The van der Waals surface area contributed by atoms with Gasteiger partial charge >= 0.3 is 5.97 Å². The molecule has 0 radical (unpaired) electrons. The lowest BCUT2D eigenvalue weighted by Crippen LogP contribution is -2.46. The molecule has 4 aromatic rings. The molecule has 13 heteroatoms. The fraction of sp³-hybridized carbons (Fsp3) is 0.353. The van der Waals surface area contributed by atoms with E-state index in [4.69, 9.17) is 20.9 Å². The minimum absolute atomic E-state index is 0.0379. The van der Waals surface area contributed by atoms with Crippen LogP contribution in [0, 0.1) is 5.41 Å². The maximum Gasteiger partial charge on any atom is 0.325 e. The van der Waals surface area contributed by atoms with Crippen molar-refractivity contribution in [2.45, 2.75) is 50.1 Å². The van der Waals surface area contributed by atoms with Crippen LogP contribution < -0.4 is 15.4 Å². The van der Waals surface area contributed by atoms with Gasteiger partial charge in [0.05, 0.1) is 28.2 Å². The third-order valence-corrected chi connectivity index (χ3v) is 10.2. The fourth-order valence-corrected chi connectivity index (χ4v) is 7.34. The molecular formula is C34H41N7O5S. The zero-order valence-corrected chi connectivity index (χ0v) is 27.5. The SMILES string of the molecule is CCOC(=O)CNC(=O)Cn1c(Cc2ccc(C(=N)N)cc2)nc2cc(N(CC3CCCCN3C)S(=O)(=O)c3ccccc3)ccc21. The molecule has 1 fully saturated rings. The van der Waals surface area contributed by atoms with Crippen LogP contribution in [0.2, 0.25) is 0 Å². The molecule has 4 N–H and O–H groups in total. The number of nitrogens with zero attached hydrogens (tertiary/aromatic N) is 4. The molecule has 1 unspecified atom stereocenters. The number of benzene rings is 3. The number of carbonyl (C=O) groups excluding carboxylic acids is 2. The van der Waals surface area contributed by atoms with Gasteiger partial charge in [0, 0.05) is 24.6 Å². The quantitative estimate of drug-likeness (QED) is 0.112. The van der Waals surface area contributed by atoms with E-state index in [9.17, 15) is 18.0 Å². The van der Waals surface area contributed by atoms with Crippen molar-refractivity contribution in [2.24, 2.45) is 5.73 Å². The van der Waals surface area contributed by atoms with Gasteiger partial charge in [0.25, 0.3) is 10.0 Å². The molecule has 1 amide bonds. The first-order valence-corrected chi connectivity index (χ1v) is 17.1. The number of ether oxygens (including phenoxy) is 1. The summed E-state index contributed by atoms with van der Waals surface area (Å²) in [5.74, 6) is -0.397. The molecule has 1 aliphatic heterocycles. The molecular weight excluding hydrogens is 618 g/mol. The fourth-order valence-electron chi connectivity index (χ4n) is 5.83. The number of amidine groups is 1. The summed E-state index contributed by atoms with van der Waals surface area (Å²) in [7, 11) is -1.88. The highest BCUT2D eigenvalue weighted by molar-refractivity contribution is 7.92. The van der Waals surface area contributed by atoms with Crippen molar-refractivity contribution in [3.8, 4) is 0 Å². The van der Waals surface area contributed by atoms with E-state index in [1.165, 1.54) is 4.31 Å². The van der Waals surface area contributed by atoms with Crippen LogP contribution >= 0.6 is 0 Å². The first kappa shape index (κ1) is 33.6. The van der Waals surface area contributed by atoms with Crippen LogP contribution in [0.1, 0.15) is 43.1 Å². The third kappa shape index (κ3) is 7.98. The second-order valence-electron chi connectivity index (χ2n) is 11.6. The largest absolute Gasteiger partial charge is 0.465 e. The van der Waals surface area contributed by atoms with Gasteiger partial charge in [-0.05, 0) is 69.3 Å². The van der Waals surface area contributed by atoms with E-state index in [0.29, 0.717) is 34.5 Å². The van der Waals surface area contributed by atoms with Crippen LogP contribution in [-0.2, 0) is 37.3 Å². The van der Waals surface area contributed by atoms with Crippen molar-refractivity contribution in [3.63, 3.8) is 0 Å². The second kappa shape index (κ2) is 14.8. The standard InChI is InChI=1S/C34H41N7O5S/c1-3-46-33(43)21-37-32(42)23-40-30-17-16-26(20-29(30)38-31(40)19-24-12-14-25(15-13-24)34(35)36)41(22-27-9-7-8-18-39(27)2)47(44,45)28-10-5-4-6-11-28/h4-6,10-17,20,27H,3,7-9,18-19,21-23H2,1-2H3,(H3,35,36)(H,37,42). The smallest absolute Gasteiger partial charge is 0.325 e. The summed E-state index contributed by atoms with van der Waals surface area (Å²) in [6.45, 7) is 2.72. The van der Waals surface area contributed by atoms with Crippen LogP contribution in [0.5, 0.6) is 0 Å². The van der Waals surface area contributed by atoms with Crippen molar-refractivity contribution in [1.82, 2.24) is 19.8 Å². The summed E-state index contributed by atoms with van der Waals surface area (Å²) >= 11 is 0. The number of aromatic nitrogens is 2. The summed E-state index contributed by atoms with van der Waals surface area (Å²) in [4.78, 5) is 32.2. The molecule has 0 saturated carbocycles. The van der Waals surface area contributed by atoms with E-state index < -0.39 is 21.9 Å². The average molecular weight is 660 g/mol. The number of likely N-dealkylation sites (tertiary alicyclic amines) is 1. The zero-order chi connectivity index (χ0) is 33.6. The van der Waals surface area contributed by atoms with Gasteiger partial charge in [-0.1, -0.05) is 48.9 Å². The molecule has 1 atom stereocenters. The van der Waals surface area contributed by atoms with Crippen LogP contribution in [0.3, 0.4) is 0 Å². The Kier molecular flexibility index (Phi) is 10.6. The number of hydrogen-bond donors (Lipinski definition) is 3. The van der Waals surface area contributed by atoms with Crippen molar-refractivity contribution in [1.29, 1.82) is 5.41 Å². The lowest BCUT2D eigenvalue weighted by molar-refractivity contribution is -0.143. The molecule has 248 valence electrons. The third-order valence-electron chi connectivity index (χ3n) is 8.39. The Bertz CT molecular complexity index is 1840. The van der Waals surface area contributed by atoms with Gasteiger partial charge in [0.15, 0.2) is 0 Å². The molecule has 47 heavy (non-hydrogen) atoms. The van der Waals surface area contributed by atoms with Crippen molar-refractivity contribution < 1.29 is 22.7 Å². The Balaban J connectivity index is 1.54. The van der Waals surface area contributed by atoms with Gasteiger partial charge in [0.1, 0.15) is 24.7 Å². The molecule has 2 heterocycles. The van der Waals surface area contributed by atoms with Crippen LogP contribution in [-0.4, -0.2) is 79.9 Å². The second-order valence-corrected chi connectivity index (χ2v) is 13.5. The van der Waals surface area contributed by atoms with Crippen molar-refractivity contribution in [3.05, 3.63) is 89.7 Å². The van der Waals surface area contributed by atoms with E-state index in [-0.39, 0.29) is 43.0 Å². The molecule has 1 saturated heterocycles. The molecule has 1 aliphatic rings. The van der Waals surface area contributed by atoms with Gasteiger partial charge in [0.2, 0.25) is 5.91 Å². The molecule has 5 rings (SSSR count). The monoisotopic (exact) mass is 659 g/mol. The summed E-state index contributed by atoms with van der Waals surface area (Å²) in [6.07, 6.45) is 3.36. The molecule has 3 aromatic carbocycles. The number of sulfonamides is 1. The van der Waals surface area contributed by atoms with E-state index >= 15 is 0 Å². The number of nitrogens with one attached hydrogen (secondary N) is 2. The van der Waals surface area contributed by atoms with Crippen LogP contribution in [0.15, 0.2) is 77.7 Å². The minimum Gasteiger partial charge on any atom is -0.465 e. The highest BCUT2D eigenvalue weighted by atomic mass is 32.2. The van der Waals surface area contributed by atoms with Crippen molar-refractivity contribution in [2.75, 3.05) is 37.6 Å². The normalized spacial score (nSPS) is 15.3. The summed E-state index contributed by atoms with van der Waals surface area (Å²) in [5, 5.41) is 10.3. The van der Waals surface area contributed by atoms with Gasteiger partial charge < -0.3 is 25.3 Å². The maximum absolute atomic E-state index is 14.1. The van der Waals surface area contributed by atoms with Crippen LogP contribution in [0.4, 0.5) is 5.69 Å². The molecule has 12 nitrogen and oxygen atoms in total. The number of rotatable bonds is 13. The summed E-state index contributed by atoms with van der Waals surface area (Å²) in [5.41, 5.74) is 8.75. The molecule has 0 aliphatic carbocycles. The minimum atomic E-state index is -3.91. The Labute approximate surface area is 275 Å². The molecule has 0 bridgehead atoms. The first-order chi connectivity index (χ1) is 22.6. The Morgan fingerprint density at radius 2 is 1.83 bits per heavy atom. The number of piperidine rings is 1. The lowest BCUT2D eigenvalue weighted by Gasteiger charge is -2.36. The number of amides is 1. The topological polar surface area (TPSA) is 164 Å². The lowest BCUT2D eigenvalue weighted by atomic mass is 10.0. The number of anilines is 1. The van der Waals surface area contributed by atoms with Crippen molar-refractivity contribution >= 4 is 44.5 Å². The van der Waals surface area contributed by atoms with E-state index in [1.54, 1.807) is 72.2 Å². The number of fused-ring (bicyclic) bond motifs is 1.